The van der Waals surface area contributed by atoms with Crippen molar-refractivity contribution >= 4 is 0 Å². The molecule has 0 aromatic heterocycles. The summed E-state index contributed by atoms with van der Waals surface area (Å²) in [6.45, 7) is 5.79. The molecule has 0 saturated carbocycles. The number of likely N-dealkylation sites (N-methyl/N-ethyl adjacent to an activating group) is 1. The molecule has 15 heavy (non-hydrogen) atoms. The molecule has 0 heterocycles. The zero-order chi connectivity index (χ0) is 11.4. The van der Waals surface area contributed by atoms with Gasteiger partial charge in [-0.1, -0.05) is 6.92 Å². The molecule has 0 fully saturated rings. The van der Waals surface area contributed by atoms with E-state index in [1.165, 1.54) is 0 Å². The fourth-order valence-electron chi connectivity index (χ4n) is 1.14. The topological polar surface area (TPSA) is 39.7 Å². The Kier molecular flexibility index (Phi) is 11.8. The fourth-order valence-corrected chi connectivity index (χ4v) is 1.14. The van der Waals surface area contributed by atoms with Gasteiger partial charge < -0.3 is 19.5 Å². The molecule has 0 rings (SSSR count). The van der Waals surface area contributed by atoms with E-state index < -0.39 is 0 Å². The van der Waals surface area contributed by atoms with E-state index in [2.05, 4.69) is 12.2 Å². The van der Waals surface area contributed by atoms with Gasteiger partial charge in [-0.3, -0.25) is 0 Å². The van der Waals surface area contributed by atoms with Crippen LogP contribution in [0.15, 0.2) is 0 Å². The van der Waals surface area contributed by atoms with Crippen LogP contribution in [0.5, 0.6) is 0 Å². The molecule has 0 aliphatic rings. The maximum atomic E-state index is 5.51. The lowest BCUT2D eigenvalue weighted by atomic mass is 10.2. The third-order valence-corrected chi connectivity index (χ3v) is 2.23. The van der Waals surface area contributed by atoms with Gasteiger partial charge in [-0.05, 0) is 19.9 Å². The molecule has 0 amide bonds. The lowest BCUT2D eigenvalue weighted by molar-refractivity contribution is 0.0476. The SMILES string of the molecule is CCC(COCCCOCCOC)NC. The molecular weight excluding hydrogens is 194 g/mol. The van der Waals surface area contributed by atoms with Crippen molar-refractivity contribution in [1.82, 2.24) is 5.32 Å². The zero-order valence-electron chi connectivity index (χ0n) is 10.3. The fraction of sp³-hybridized carbons (Fsp3) is 1.00. The highest BCUT2D eigenvalue weighted by Crippen LogP contribution is 1.92. The molecule has 4 heteroatoms. The molecule has 0 radical (unpaired) electrons. The van der Waals surface area contributed by atoms with Gasteiger partial charge in [0.15, 0.2) is 0 Å². The number of methoxy groups -OCH3 is 1. The smallest absolute Gasteiger partial charge is 0.0700 e. The summed E-state index contributed by atoms with van der Waals surface area (Å²) in [4.78, 5) is 0. The summed E-state index contributed by atoms with van der Waals surface area (Å²) in [7, 11) is 3.64. The van der Waals surface area contributed by atoms with Crippen molar-refractivity contribution < 1.29 is 14.2 Å². The predicted octanol–water partition coefficient (Wildman–Crippen LogP) is 1.05. The van der Waals surface area contributed by atoms with Crippen molar-refractivity contribution in [3.8, 4) is 0 Å². The summed E-state index contributed by atoms with van der Waals surface area (Å²) < 4.78 is 15.7. The molecule has 4 nitrogen and oxygen atoms in total. The monoisotopic (exact) mass is 219 g/mol. The maximum Gasteiger partial charge on any atom is 0.0700 e. The largest absolute Gasteiger partial charge is 0.382 e. The van der Waals surface area contributed by atoms with Crippen molar-refractivity contribution in [3.63, 3.8) is 0 Å². The first-order valence-electron chi connectivity index (χ1n) is 5.66. The van der Waals surface area contributed by atoms with Gasteiger partial charge in [-0.2, -0.15) is 0 Å². The second-order valence-electron chi connectivity index (χ2n) is 3.43. The minimum Gasteiger partial charge on any atom is -0.382 e. The third kappa shape index (κ3) is 10.1. The summed E-state index contributed by atoms with van der Waals surface area (Å²) in [6, 6.07) is 0.472. The molecule has 0 spiro atoms. The Hall–Kier alpha value is -0.160. The van der Waals surface area contributed by atoms with E-state index in [1.807, 2.05) is 7.05 Å². The third-order valence-electron chi connectivity index (χ3n) is 2.23. The normalized spacial score (nSPS) is 13.0. The van der Waals surface area contributed by atoms with Crippen LogP contribution in [0.3, 0.4) is 0 Å². The number of nitrogens with one attached hydrogen (secondary N) is 1. The van der Waals surface area contributed by atoms with E-state index in [0.29, 0.717) is 19.3 Å². The molecule has 0 aromatic rings. The Morgan fingerprint density at radius 1 is 1.07 bits per heavy atom. The van der Waals surface area contributed by atoms with Gasteiger partial charge in [0.05, 0.1) is 19.8 Å². The quantitative estimate of drug-likeness (QED) is 0.527. The standard InChI is InChI=1S/C11H25NO3/c1-4-11(12-2)10-15-7-5-6-14-9-8-13-3/h11-12H,4-10H2,1-3H3. The maximum absolute atomic E-state index is 5.51. The minimum absolute atomic E-state index is 0.472. The molecule has 1 unspecified atom stereocenters. The van der Waals surface area contributed by atoms with Crippen LogP contribution in [-0.4, -0.2) is 53.2 Å². The lowest BCUT2D eigenvalue weighted by Crippen LogP contribution is -2.29. The van der Waals surface area contributed by atoms with Crippen LogP contribution < -0.4 is 5.32 Å². The average Bonchev–Trinajstić information content (AvgIpc) is 2.27. The Labute approximate surface area is 93.3 Å². The second-order valence-corrected chi connectivity index (χ2v) is 3.43. The number of ether oxygens (including phenoxy) is 3. The first-order valence-corrected chi connectivity index (χ1v) is 5.66. The zero-order valence-corrected chi connectivity index (χ0v) is 10.3. The Bertz CT molecular complexity index is 118. The van der Waals surface area contributed by atoms with Crippen molar-refractivity contribution in [3.05, 3.63) is 0 Å². The van der Waals surface area contributed by atoms with E-state index in [4.69, 9.17) is 14.2 Å². The van der Waals surface area contributed by atoms with Gasteiger partial charge in [0.25, 0.3) is 0 Å². The predicted molar refractivity (Wildman–Crippen MR) is 61.3 cm³/mol. The van der Waals surface area contributed by atoms with Crippen LogP contribution >= 0.6 is 0 Å². The van der Waals surface area contributed by atoms with Gasteiger partial charge >= 0.3 is 0 Å². The first kappa shape index (κ1) is 14.8. The molecule has 0 saturated heterocycles. The highest BCUT2D eigenvalue weighted by molar-refractivity contribution is 4.59. The molecule has 0 aliphatic carbocycles. The second kappa shape index (κ2) is 11.9. The van der Waals surface area contributed by atoms with Crippen molar-refractivity contribution in [1.29, 1.82) is 0 Å². The van der Waals surface area contributed by atoms with Gasteiger partial charge in [0, 0.05) is 26.4 Å². The van der Waals surface area contributed by atoms with Gasteiger partial charge in [0.2, 0.25) is 0 Å². The van der Waals surface area contributed by atoms with Crippen LogP contribution in [0, 0.1) is 0 Å². The van der Waals surface area contributed by atoms with E-state index in [9.17, 15) is 0 Å². The van der Waals surface area contributed by atoms with Crippen LogP contribution in [0.1, 0.15) is 19.8 Å². The van der Waals surface area contributed by atoms with E-state index in [-0.39, 0.29) is 0 Å². The first-order chi connectivity index (χ1) is 7.35. The number of rotatable bonds is 11. The average molecular weight is 219 g/mol. The van der Waals surface area contributed by atoms with E-state index >= 15 is 0 Å². The summed E-state index contributed by atoms with van der Waals surface area (Å²) in [5.41, 5.74) is 0. The molecule has 0 bridgehead atoms. The van der Waals surface area contributed by atoms with Crippen molar-refractivity contribution in [2.75, 3.05) is 47.2 Å². The van der Waals surface area contributed by atoms with Gasteiger partial charge in [0.1, 0.15) is 0 Å². The highest BCUT2D eigenvalue weighted by atomic mass is 16.5. The van der Waals surface area contributed by atoms with Crippen LogP contribution in [-0.2, 0) is 14.2 Å². The van der Waals surface area contributed by atoms with Gasteiger partial charge in [-0.25, -0.2) is 0 Å². The number of hydrogen-bond acceptors (Lipinski definition) is 4. The minimum atomic E-state index is 0.472. The molecule has 0 aliphatic heterocycles. The Balaban J connectivity index is 3.04. The molecule has 0 aromatic carbocycles. The van der Waals surface area contributed by atoms with E-state index in [1.54, 1.807) is 7.11 Å². The summed E-state index contributed by atoms with van der Waals surface area (Å²) in [5, 5.41) is 3.20. The molecule has 1 atom stereocenters. The Morgan fingerprint density at radius 2 is 1.80 bits per heavy atom. The number of hydrogen-bond donors (Lipinski definition) is 1. The van der Waals surface area contributed by atoms with Crippen molar-refractivity contribution in [2.24, 2.45) is 0 Å². The van der Waals surface area contributed by atoms with Crippen LogP contribution in [0.2, 0.25) is 0 Å². The molecule has 92 valence electrons. The summed E-state index contributed by atoms with van der Waals surface area (Å²) in [5.74, 6) is 0. The highest BCUT2D eigenvalue weighted by Gasteiger charge is 2.01. The summed E-state index contributed by atoms with van der Waals surface area (Å²) in [6.07, 6.45) is 2.05. The van der Waals surface area contributed by atoms with Crippen LogP contribution in [0.4, 0.5) is 0 Å². The van der Waals surface area contributed by atoms with Crippen molar-refractivity contribution in [2.45, 2.75) is 25.8 Å². The summed E-state index contributed by atoms with van der Waals surface area (Å²) >= 11 is 0. The van der Waals surface area contributed by atoms with E-state index in [0.717, 1.165) is 32.7 Å². The van der Waals surface area contributed by atoms with Gasteiger partial charge in [-0.15, -0.1) is 0 Å². The Morgan fingerprint density at radius 3 is 2.40 bits per heavy atom. The lowest BCUT2D eigenvalue weighted by Gasteiger charge is -2.13. The molecular formula is C11H25NO3. The molecule has 1 N–H and O–H groups in total. The van der Waals surface area contributed by atoms with Crippen LogP contribution in [0.25, 0.3) is 0 Å².